The summed E-state index contributed by atoms with van der Waals surface area (Å²) >= 11 is 0. The van der Waals surface area contributed by atoms with E-state index < -0.39 is 0 Å². The highest BCUT2D eigenvalue weighted by Gasteiger charge is 2.15. The molecule has 0 saturated heterocycles. The highest BCUT2D eigenvalue weighted by molar-refractivity contribution is 6.09. The number of benzene rings is 2. The number of nitrogens with two attached hydrogens (primary N) is 1. The zero-order valence-corrected chi connectivity index (χ0v) is 9.85. The Bertz CT molecular complexity index is 620. The van der Waals surface area contributed by atoms with E-state index in [2.05, 4.69) is 0 Å². The lowest BCUT2D eigenvalue weighted by molar-refractivity contribution is 0.103. The van der Waals surface area contributed by atoms with Crippen LogP contribution in [0.3, 0.4) is 0 Å². The van der Waals surface area contributed by atoms with E-state index in [1.165, 1.54) is 5.56 Å². The molecule has 0 saturated carbocycles. The highest BCUT2D eigenvalue weighted by Crippen LogP contribution is 2.22. The van der Waals surface area contributed by atoms with Crippen LogP contribution >= 0.6 is 0 Å². The molecule has 0 atom stereocenters. The van der Waals surface area contributed by atoms with Gasteiger partial charge in [-0.2, -0.15) is 0 Å². The number of fused-ring (bicyclic) bond motifs is 1. The molecule has 90 valence electrons. The predicted octanol–water partition coefficient (Wildman–Crippen LogP) is 2.53. The minimum absolute atomic E-state index is 0.00278. The molecule has 0 spiro atoms. The number of rotatable bonds is 2. The van der Waals surface area contributed by atoms with Crippen LogP contribution in [0.2, 0.25) is 0 Å². The number of ether oxygens (including phenoxy) is 1. The third kappa shape index (κ3) is 1.89. The third-order valence-corrected chi connectivity index (χ3v) is 3.13. The smallest absolute Gasteiger partial charge is 0.193 e. The van der Waals surface area contributed by atoms with Crippen LogP contribution in [-0.4, -0.2) is 5.78 Å². The predicted molar refractivity (Wildman–Crippen MR) is 69.2 cm³/mol. The van der Waals surface area contributed by atoms with E-state index >= 15 is 0 Å². The van der Waals surface area contributed by atoms with Crippen molar-refractivity contribution in [2.75, 3.05) is 5.73 Å². The molecular formula is C15H13NO2. The molecule has 3 heteroatoms. The number of carbonyl (C=O) groups is 1. The average molecular weight is 239 g/mol. The normalized spacial score (nSPS) is 13.3. The van der Waals surface area contributed by atoms with Gasteiger partial charge in [-0.3, -0.25) is 4.79 Å². The first kappa shape index (κ1) is 11.0. The summed E-state index contributed by atoms with van der Waals surface area (Å²) in [5, 5.41) is 0. The summed E-state index contributed by atoms with van der Waals surface area (Å²) in [6.45, 7) is 1.23. The molecule has 2 N–H and O–H groups in total. The summed E-state index contributed by atoms with van der Waals surface area (Å²) in [7, 11) is 0. The molecule has 0 aliphatic carbocycles. The zero-order chi connectivity index (χ0) is 12.5. The van der Waals surface area contributed by atoms with E-state index in [4.69, 9.17) is 10.5 Å². The monoisotopic (exact) mass is 239 g/mol. The SMILES string of the molecule is Nc1cccc(C(=O)c2ccc3c(c2)COC3)c1. The quantitative estimate of drug-likeness (QED) is 0.647. The van der Waals surface area contributed by atoms with Crippen LogP contribution in [0.15, 0.2) is 42.5 Å². The van der Waals surface area contributed by atoms with Gasteiger partial charge in [-0.15, -0.1) is 0 Å². The van der Waals surface area contributed by atoms with Crippen LogP contribution in [0.25, 0.3) is 0 Å². The zero-order valence-electron chi connectivity index (χ0n) is 9.85. The largest absolute Gasteiger partial charge is 0.399 e. The van der Waals surface area contributed by atoms with Crippen molar-refractivity contribution in [3.63, 3.8) is 0 Å². The van der Waals surface area contributed by atoms with Gasteiger partial charge in [0.25, 0.3) is 0 Å². The van der Waals surface area contributed by atoms with E-state index in [0.717, 1.165) is 5.56 Å². The Morgan fingerprint density at radius 3 is 2.61 bits per heavy atom. The molecule has 18 heavy (non-hydrogen) atoms. The Morgan fingerprint density at radius 2 is 1.78 bits per heavy atom. The number of hydrogen-bond acceptors (Lipinski definition) is 3. The van der Waals surface area contributed by atoms with E-state index in [1.54, 1.807) is 24.3 Å². The molecule has 0 amide bonds. The number of ketones is 1. The van der Waals surface area contributed by atoms with Gasteiger partial charge >= 0.3 is 0 Å². The minimum atomic E-state index is -0.00278. The fourth-order valence-electron chi connectivity index (χ4n) is 2.16. The van der Waals surface area contributed by atoms with Crippen molar-refractivity contribution in [3.05, 3.63) is 64.7 Å². The van der Waals surface area contributed by atoms with Gasteiger partial charge in [-0.1, -0.05) is 24.3 Å². The lowest BCUT2D eigenvalue weighted by Crippen LogP contribution is -2.03. The second kappa shape index (κ2) is 4.27. The first-order chi connectivity index (χ1) is 8.74. The first-order valence-corrected chi connectivity index (χ1v) is 5.84. The van der Waals surface area contributed by atoms with Crippen molar-refractivity contribution in [3.8, 4) is 0 Å². The van der Waals surface area contributed by atoms with Crippen LogP contribution < -0.4 is 5.73 Å². The number of anilines is 1. The van der Waals surface area contributed by atoms with Gasteiger partial charge in [0.15, 0.2) is 5.78 Å². The minimum Gasteiger partial charge on any atom is -0.399 e. The van der Waals surface area contributed by atoms with Crippen molar-refractivity contribution in [1.29, 1.82) is 0 Å². The van der Waals surface area contributed by atoms with E-state index in [0.29, 0.717) is 30.0 Å². The van der Waals surface area contributed by atoms with Crippen LogP contribution in [0.4, 0.5) is 5.69 Å². The van der Waals surface area contributed by atoms with Crippen LogP contribution in [0, 0.1) is 0 Å². The lowest BCUT2D eigenvalue weighted by atomic mass is 9.99. The summed E-state index contributed by atoms with van der Waals surface area (Å²) < 4.78 is 5.34. The van der Waals surface area contributed by atoms with Crippen molar-refractivity contribution >= 4 is 11.5 Å². The number of hydrogen-bond donors (Lipinski definition) is 1. The number of carbonyl (C=O) groups excluding carboxylic acids is 1. The van der Waals surface area contributed by atoms with Crippen molar-refractivity contribution in [2.45, 2.75) is 13.2 Å². The van der Waals surface area contributed by atoms with Gasteiger partial charge in [0.05, 0.1) is 13.2 Å². The maximum absolute atomic E-state index is 12.3. The molecule has 0 bridgehead atoms. The summed E-state index contributed by atoms with van der Waals surface area (Å²) in [5.41, 5.74) is 9.87. The maximum Gasteiger partial charge on any atom is 0.193 e. The Balaban J connectivity index is 1.98. The van der Waals surface area contributed by atoms with Gasteiger partial charge in [-0.05, 0) is 29.3 Å². The summed E-state index contributed by atoms with van der Waals surface area (Å²) in [5.74, 6) is -0.00278. The van der Waals surface area contributed by atoms with Gasteiger partial charge in [0, 0.05) is 16.8 Å². The Morgan fingerprint density at radius 1 is 1.00 bits per heavy atom. The van der Waals surface area contributed by atoms with Crippen LogP contribution in [0.1, 0.15) is 27.0 Å². The standard InChI is InChI=1S/C15H13NO2/c16-14-3-1-2-10(7-14)15(17)11-4-5-12-8-18-9-13(12)6-11/h1-7H,8-9,16H2. The molecule has 0 unspecified atom stereocenters. The molecule has 1 aliphatic rings. The molecule has 0 fully saturated rings. The second-order valence-corrected chi connectivity index (χ2v) is 4.43. The summed E-state index contributed by atoms with van der Waals surface area (Å²) in [4.78, 5) is 12.3. The lowest BCUT2D eigenvalue weighted by Gasteiger charge is -2.04. The molecule has 1 aliphatic heterocycles. The Labute approximate surface area is 105 Å². The molecule has 2 aromatic rings. The summed E-state index contributed by atoms with van der Waals surface area (Å²) in [6, 6.07) is 12.8. The molecule has 2 aromatic carbocycles. The van der Waals surface area contributed by atoms with E-state index in [1.807, 2.05) is 18.2 Å². The Kier molecular flexibility index (Phi) is 2.61. The van der Waals surface area contributed by atoms with Crippen molar-refractivity contribution < 1.29 is 9.53 Å². The van der Waals surface area contributed by atoms with Crippen molar-refractivity contribution in [1.82, 2.24) is 0 Å². The molecule has 3 rings (SSSR count). The van der Waals surface area contributed by atoms with Gasteiger partial charge < -0.3 is 10.5 Å². The van der Waals surface area contributed by atoms with Crippen molar-refractivity contribution in [2.24, 2.45) is 0 Å². The van der Waals surface area contributed by atoms with E-state index in [-0.39, 0.29) is 5.78 Å². The number of nitrogen functional groups attached to an aromatic ring is 1. The molecule has 0 aromatic heterocycles. The maximum atomic E-state index is 12.3. The fraction of sp³-hybridized carbons (Fsp3) is 0.133. The van der Waals surface area contributed by atoms with Gasteiger partial charge in [0.1, 0.15) is 0 Å². The fourth-order valence-corrected chi connectivity index (χ4v) is 2.16. The Hall–Kier alpha value is -2.13. The third-order valence-electron chi connectivity index (χ3n) is 3.13. The summed E-state index contributed by atoms with van der Waals surface area (Å²) in [6.07, 6.45) is 0. The van der Waals surface area contributed by atoms with Crippen LogP contribution in [0.5, 0.6) is 0 Å². The molecular weight excluding hydrogens is 226 g/mol. The average Bonchev–Trinajstić information content (AvgIpc) is 2.85. The topological polar surface area (TPSA) is 52.3 Å². The van der Waals surface area contributed by atoms with Gasteiger partial charge in [-0.25, -0.2) is 0 Å². The van der Waals surface area contributed by atoms with Gasteiger partial charge in [0.2, 0.25) is 0 Å². The molecule has 3 nitrogen and oxygen atoms in total. The van der Waals surface area contributed by atoms with E-state index in [9.17, 15) is 4.79 Å². The first-order valence-electron chi connectivity index (χ1n) is 5.84. The molecule has 1 heterocycles. The van der Waals surface area contributed by atoms with Crippen LogP contribution in [-0.2, 0) is 18.0 Å². The molecule has 0 radical (unpaired) electrons. The highest BCUT2D eigenvalue weighted by atomic mass is 16.5. The second-order valence-electron chi connectivity index (χ2n) is 4.43.